The highest BCUT2D eigenvalue weighted by Crippen LogP contribution is 2.21. The Kier molecular flexibility index (Phi) is 3.23. The maximum Gasteiger partial charge on any atom is 0.119 e. The van der Waals surface area contributed by atoms with Crippen molar-refractivity contribution in [3.8, 4) is 0 Å². The molecule has 1 nitrogen and oxygen atoms in total. The van der Waals surface area contributed by atoms with E-state index >= 15 is 0 Å². The molecule has 15 heavy (non-hydrogen) atoms. The van der Waals surface area contributed by atoms with Gasteiger partial charge in [0.25, 0.3) is 0 Å². The number of hydrogen-bond acceptors (Lipinski definition) is 1. The minimum atomic E-state index is 0.688. The van der Waals surface area contributed by atoms with E-state index in [9.17, 15) is 0 Å². The van der Waals surface area contributed by atoms with E-state index in [1.807, 2.05) is 0 Å². The van der Waals surface area contributed by atoms with Crippen LogP contribution in [0, 0.1) is 0 Å². The summed E-state index contributed by atoms with van der Waals surface area (Å²) < 4.78 is 5.80. The molecule has 0 aromatic heterocycles. The molecule has 0 bridgehead atoms. The Morgan fingerprint density at radius 3 is 2.93 bits per heavy atom. The average Bonchev–Trinajstić information content (AvgIpc) is 2.42. The summed E-state index contributed by atoms with van der Waals surface area (Å²) in [6.07, 6.45) is 16.9. The van der Waals surface area contributed by atoms with Crippen molar-refractivity contribution in [2.45, 2.75) is 19.8 Å². The van der Waals surface area contributed by atoms with Crippen molar-refractivity contribution in [2.75, 3.05) is 6.61 Å². The predicted molar refractivity (Wildman–Crippen MR) is 63.4 cm³/mol. The zero-order valence-electron chi connectivity index (χ0n) is 9.07. The van der Waals surface area contributed by atoms with E-state index in [2.05, 4.69) is 49.5 Å². The lowest BCUT2D eigenvalue weighted by Gasteiger charge is -2.11. The summed E-state index contributed by atoms with van der Waals surface area (Å²) in [6.45, 7) is 2.78. The van der Waals surface area contributed by atoms with Crippen molar-refractivity contribution in [2.24, 2.45) is 0 Å². The lowest BCUT2D eigenvalue weighted by atomic mass is 10.1. The third-order valence-corrected chi connectivity index (χ3v) is 2.50. The van der Waals surface area contributed by atoms with Gasteiger partial charge in [-0.3, -0.25) is 0 Å². The Hall–Kier alpha value is -1.50. The maximum absolute atomic E-state index is 5.80. The molecule has 0 radical (unpaired) electrons. The first-order valence-electron chi connectivity index (χ1n) is 5.37. The summed E-state index contributed by atoms with van der Waals surface area (Å²) in [6, 6.07) is 0. The van der Waals surface area contributed by atoms with Crippen LogP contribution in [0.5, 0.6) is 0 Å². The lowest BCUT2D eigenvalue weighted by Crippen LogP contribution is -1.98. The van der Waals surface area contributed by atoms with Gasteiger partial charge in [-0.25, -0.2) is 0 Å². The van der Waals surface area contributed by atoms with Gasteiger partial charge >= 0.3 is 0 Å². The van der Waals surface area contributed by atoms with Crippen LogP contribution < -0.4 is 0 Å². The Balaban J connectivity index is 2.24. The van der Waals surface area contributed by atoms with Crippen LogP contribution in [-0.2, 0) is 4.74 Å². The van der Waals surface area contributed by atoms with E-state index in [1.165, 1.54) is 11.1 Å². The molecular formula is C14H16O. The number of hydrogen-bond donors (Lipinski definition) is 0. The van der Waals surface area contributed by atoms with Gasteiger partial charge in [0.1, 0.15) is 12.4 Å². The van der Waals surface area contributed by atoms with Gasteiger partial charge in [0.15, 0.2) is 0 Å². The molecule has 0 N–H and O–H groups in total. The molecule has 0 spiro atoms. The molecule has 2 aliphatic rings. The monoisotopic (exact) mass is 200 g/mol. The maximum atomic E-state index is 5.80. The number of fused-ring (bicyclic) bond motifs is 1. The molecule has 2 rings (SSSR count). The predicted octanol–water partition coefficient (Wildman–Crippen LogP) is 3.68. The van der Waals surface area contributed by atoms with E-state index < -0.39 is 0 Å². The van der Waals surface area contributed by atoms with Gasteiger partial charge in [0.2, 0.25) is 0 Å². The smallest absolute Gasteiger partial charge is 0.119 e. The molecule has 0 saturated heterocycles. The summed E-state index contributed by atoms with van der Waals surface area (Å²) in [5.41, 5.74) is 2.52. The number of rotatable bonds is 0. The topological polar surface area (TPSA) is 9.23 Å². The van der Waals surface area contributed by atoms with Crippen LogP contribution in [-0.4, -0.2) is 6.61 Å². The van der Waals surface area contributed by atoms with Crippen LogP contribution in [0.1, 0.15) is 19.8 Å². The largest absolute Gasteiger partial charge is 0.489 e. The summed E-state index contributed by atoms with van der Waals surface area (Å²) >= 11 is 0. The third-order valence-electron chi connectivity index (χ3n) is 2.50. The van der Waals surface area contributed by atoms with Crippen LogP contribution >= 0.6 is 0 Å². The zero-order chi connectivity index (χ0) is 10.5. The molecule has 0 aromatic carbocycles. The van der Waals surface area contributed by atoms with Crippen molar-refractivity contribution in [3.05, 3.63) is 59.4 Å². The van der Waals surface area contributed by atoms with Crippen LogP contribution in [0.25, 0.3) is 0 Å². The van der Waals surface area contributed by atoms with Gasteiger partial charge < -0.3 is 4.74 Å². The van der Waals surface area contributed by atoms with Gasteiger partial charge in [-0.15, -0.1) is 0 Å². The molecule has 0 atom stereocenters. The van der Waals surface area contributed by atoms with Crippen molar-refractivity contribution >= 4 is 0 Å². The fraction of sp³-hybridized carbons (Fsp3) is 0.286. The van der Waals surface area contributed by atoms with Gasteiger partial charge in [-0.05, 0) is 37.0 Å². The highest BCUT2D eigenvalue weighted by molar-refractivity contribution is 5.35. The highest BCUT2D eigenvalue weighted by Gasteiger charge is 2.07. The van der Waals surface area contributed by atoms with E-state index in [0.29, 0.717) is 6.61 Å². The molecule has 1 aliphatic carbocycles. The second-order valence-electron chi connectivity index (χ2n) is 3.86. The molecule has 78 valence electrons. The van der Waals surface area contributed by atoms with E-state index in [4.69, 9.17) is 4.74 Å². The quantitative estimate of drug-likeness (QED) is 0.579. The van der Waals surface area contributed by atoms with Gasteiger partial charge in [-0.1, -0.05) is 36.5 Å². The standard InChI is InChI=1S/C14H16O/c1-12-7-5-6-9-13-8-3-2-4-10-14(13)15-11-12/h2-3,5-8,10H,4,9,11H2,1H3/b6-5-,12-7-. The minimum absolute atomic E-state index is 0.688. The summed E-state index contributed by atoms with van der Waals surface area (Å²) in [5.74, 6) is 1.04. The summed E-state index contributed by atoms with van der Waals surface area (Å²) in [7, 11) is 0. The van der Waals surface area contributed by atoms with Crippen LogP contribution in [0.15, 0.2) is 59.4 Å². The van der Waals surface area contributed by atoms with Gasteiger partial charge in [0, 0.05) is 0 Å². The second-order valence-corrected chi connectivity index (χ2v) is 3.86. The van der Waals surface area contributed by atoms with Gasteiger partial charge in [0.05, 0.1) is 0 Å². The molecule has 0 amide bonds. The Morgan fingerprint density at radius 1 is 1.13 bits per heavy atom. The Bertz CT molecular complexity index is 378. The molecule has 0 fully saturated rings. The fourth-order valence-electron chi connectivity index (χ4n) is 1.64. The second kappa shape index (κ2) is 4.83. The molecule has 1 aliphatic heterocycles. The number of allylic oxidation sites excluding steroid dienone is 8. The van der Waals surface area contributed by atoms with Crippen molar-refractivity contribution in [3.63, 3.8) is 0 Å². The van der Waals surface area contributed by atoms with Crippen LogP contribution in [0.2, 0.25) is 0 Å². The van der Waals surface area contributed by atoms with Gasteiger partial charge in [-0.2, -0.15) is 0 Å². The Morgan fingerprint density at radius 2 is 2.00 bits per heavy atom. The lowest BCUT2D eigenvalue weighted by molar-refractivity contribution is 0.246. The first-order chi connectivity index (χ1) is 7.36. The van der Waals surface area contributed by atoms with Crippen molar-refractivity contribution < 1.29 is 4.74 Å². The molecule has 0 aromatic rings. The molecule has 0 saturated carbocycles. The average molecular weight is 200 g/mol. The molecular weight excluding hydrogens is 184 g/mol. The fourth-order valence-corrected chi connectivity index (χ4v) is 1.64. The zero-order valence-corrected chi connectivity index (χ0v) is 9.07. The molecule has 1 heterocycles. The normalized spacial score (nSPS) is 26.3. The van der Waals surface area contributed by atoms with Crippen molar-refractivity contribution in [1.29, 1.82) is 0 Å². The highest BCUT2D eigenvalue weighted by atomic mass is 16.5. The van der Waals surface area contributed by atoms with E-state index in [0.717, 1.165) is 18.6 Å². The summed E-state index contributed by atoms with van der Waals surface area (Å²) in [4.78, 5) is 0. The molecule has 1 heteroatoms. The first-order valence-corrected chi connectivity index (χ1v) is 5.37. The van der Waals surface area contributed by atoms with E-state index in [1.54, 1.807) is 0 Å². The minimum Gasteiger partial charge on any atom is -0.489 e. The SMILES string of the molecule is C/C1=C/C=C\CC2=CC=CCC=C2OC1. The number of ether oxygens (including phenoxy) is 1. The van der Waals surface area contributed by atoms with Crippen molar-refractivity contribution in [1.82, 2.24) is 0 Å². The Labute approximate surface area is 91.1 Å². The van der Waals surface area contributed by atoms with E-state index in [-0.39, 0.29) is 0 Å². The summed E-state index contributed by atoms with van der Waals surface area (Å²) in [5, 5.41) is 0. The van der Waals surface area contributed by atoms with Crippen LogP contribution in [0.3, 0.4) is 0 Å². The first kappa shape index (κ1) is 10.0. The third kappa shape index (κ3) is 2.72. The molecule has 0 unspecified atom stereocenters. The van der Waals surface area contributed by atoms with Crippen LogP contribution in [0.4, 0.5) is 0 Å².